The first-order valence-electron chi connectivity index (χ1n) is 3.23. The first-order valence-corrected chi connectivity index (χ1v) is 4.84. The maximum absolute atomic E-state index is 10.4. The molecule has 0 aliphatic heterocycles. The van der Waals surface area contributed by atoms with E-state index in [2.05, 4.69) is 26.5 Å². The molecule has 12 heavy (non-hydrogen) atoms. The Morgan fingerprint density at radius 2 is 2.50 bits per heavy atom. The van der Waals surface area contributed by atoms with Crippen LogP contribution >= 0.6 is 27.3 Å². The Morgan fingerprint density at radius 3 is 3.00 bits per heavy atom. The highest BCUT2D eigenvalue weighted by molar-refractivity contribution is 9.11. The van der Waals surface area contributed by atoms with E-state index in [1.165, 1.54) is 6.92 Å². The predicted molar refractivity (Wildman–Crippen MR) is 53.4 cm³/mol. The second kappa shape index (κ2) is 4.37. The van der Waals surface area contributed by atoms with E-state index in [4.69, 9.17) is 0 Å². The molecule has 1 N–H and O–H groups in total. The summed E-state index contributed by atoms with van der Waals surface area (Å²) in [6, 6.07) is 3.85. The summed E-state index contributed by atoms with van der Waals surface area (Å²) in [4.78, 5) is 11.4. The fourth-order valence-corrected chi connectivity index (χ4v) is 1.88. The summed E-state index contributed by atoms with van der Waals surface area (Å²) in [5.74, 6) is -0.165. The molecule has 0 unspecified atom stereocenters. The van der Waals surface area contributed by atoms with E-state index in [9.17, 15) is 4.79 Å². The molecule has 0 aliphatic rings. The monoisotopic (exact) mass is 246 g/mol. The van der Waals surface area contributed by atoms with Gasteiger partial charge < -0.3 is 0 Å². The molecule has 1 aromatic heterocycles. The summed E-state index contributed by atoms with van der Waals surface area (Å²) in [7, 11) is 0. The smallest absolute Gasteiger partial charge is 0.236 e. The maximum Gasteiger partial charge on any atom is 0.236 e. The number of hydrogen-bond donors (Lipinski definition) is 1. The van der Waals surface area contributed by atoms with Crippen LogP contribution in [0.1, 0.15) is 11.8 Å². The van der Waals surface area contributed by atoms with Crippen molar-refractivity contribution < 1.29 is 4.79 Å². The highest BCUT2D eigenvalue weighted by Gasteiger charge is 1.92. The zero-order valence-electron chi connectivity index (χ0n) is 6.37. The van der Waals surface area contributed by atoms with Gasteiger partial charge in [-0.05, 0) is 28.1 Å². The summed E-state index contributed by atoms with van der Waals surface area (Å²) < 4.78 is 1.05. The molecule has 0 saturated heterocycles. The maximum atomic E-state index is 10.4. The average molecular weight is 247 g/mol. The highest BCUT2D eigenvalue weighted by Crippen LogP contribution is 2.20. The van der Waals surface area contributed by atoms with Crippen LogP contribution in [0.3, 0.4) is 0 Å². The van der Waals surface area contributed by atoms with Crippen LogP contribution in [0.5, 0.6) is 0 Å². The molecule has 1 aromatic rings. The van der Waals surface area contributed by atoms with Crippen molar-refractivity contribution in [2.24, 2.45) is 5.10 Å². The van der Waals surface area contributed by atoms with Crippen molar-refractivity contribution in [3.8, 4) is 0 Å². The number of halogens is 1. The van der Waals surface area contributed by atoms with Gasteiger partial charge in [0.25, 0.3) is 0 Å². The van der Waals surface area contributed by atoms with Gasteiger partial charge in [0, 0.05) is 11.8 Å². The first kappa shape index (κ1) is 9.41. The van der Waals surface area contributed by atoms with E-state index in [1.54, 1.807) is 17.6 Å². The highest BCUT2D eigenvalue weighted by atomic mass is 79.9. The van der Waals surface area contributed by atoms with E-state index in [0.717, 1.165) is 8.66 Å². The van der Waals surface area contributed by atoms with Gasteiger partial charge in [0.1, 0.15) is 0 Å². The van der Waals surface area contributed by atoms with E-state index in [1.807, 2.05) is 12.1 Å². The van der Waals surface area contributed by atoms with E-state index in [-0.39, 0.29) is 5.91 Å². The normalized spacial score (nSPS) is 10.5. The molecule has 3 nitrogen and oxygen atoms in total. The van der Waals surface area contributed by atoms with Crippen molar-refractivity contribution in [1.29, 1.82) is 0 Å². The second-order valence-corrected chi connectivity index (χ2v) is 4.56. The summed E-state index contributed by atoms with van der Waals surface area (Å²) in [6.45, 7) is 1.42. The van der Waals surface area contributed by atoms with Crippen molar-refractivity contribution in [3.05, 3.63) is 20.8 Å². The third-order valence-electron chi connectivity index (χ3n) is 1.01. The van der Waals surface area contributed by atoms with Crippen LogP contribution < -0.4 is 5.43 Å². The summed E-state index contributed by atoms with van der Waals surface area (Å²) in [6.07, 6.45) is 1.61. The zero-order chi connectivity index (χ0) is 8.97. The van der Waals surface area contributed by atoms with Gasteiger partial charge in [-0.25, -0.2) is 5.43 Å². The van der Waals surface area contributed by atoms with Crippen molar-refractivity contribution in [2.75, 3.05) is 0 Å². The fourth-order valence-electron chi connectivity index (χ4n) is 0.584. The second-order valence-electron chi connectivity index (χ2n) is 2.07. The molecule has 1 rings (SSSR count). The van der Waals surface area contributed by atoms with Crippen LogP contribution in [0, 0.1) is 0 Å². The number of nitrogens with zero attached hydrogens (tertiary/aromatic N) is 1. The third-order valence-corrected chi connectivity index (χ3v) is 2.57. The molecule has 0 radical (unpaired) electrons. The summed E-state index contributed by atoms with van der Waals surface area (Å²) in [5.41, 5.74) is 2.33. The molecule has 0 fully saturated rings. The minimum Gasteiger partial charge on any atom is -0.274 e. The molecular formula is C7H7BrN2OS. The van der Waals surface area contributed by atoms with Crippen molar-refractivity contribution in [1.82, 2.24) is 5.43 Å². The Kier molecular flexibility index (Phi) is 3.43. The Bertz CT molecular complexity index is 308. The largest absolute Gasteiger partial charge is 0.274 e. The van der Waals surface area contributed by atoms with E-state index < -0.39 is 0 Å². The van der Waals surface area contributed by atoms with Gasteiger partial charge in [-0.15, -0.1) is 11.3 Å². The van der Waals surface area contributed by atoms with E-state index >= 15 is 0 Å². The van der Waals surface area contributed by atoms with Crippen LogP contribution in [0.25, 0.3) is 0 Å². The number of hydrazone groups is 1. The predicted octanol–water partition coefficient (Wildman–Crippen LogP) is 1.98. The molecule has 0 aromatic carbocycles. The standard InChI is InChI=1S/C7H7BrN2OS/c1-5(11)10-9-4-6-2-3-7(8)12-6/h2-4H,1H3,(H,10,11)/b9-4+. The average Bonchev–Trinajstić information content (AvgIpc) is 2.35. The van der Waals surface area contributed by atoms with Gasteiger partial charge in [0.2, 0.25) is 5.91 Å². The number of nitrogens with one attached hydrogen (secondary N) is 1. The SMILES string of the molecule is CC(=O)N/N=C/c1ccc(Br)s1. The lowest BCUT2D eigenvalue weighted by Crippen LogP contribution is -2.11. The molecule has 0 bridgehead atoms. The topological polar surface area (TPSA) is 41.5 Å². The third kappa shape index (κ3) is 3.15. The van der Waals surface area contributed by atoms with Crippen molar-refractivity contribution in [3.63, 3.8) is 0 Å². The van der Waals surface area contributed by atoms with Gasteiger partial charge >= 0.3 is 0 Å². The van der Waals surface area contributed by atoms with Crippen LogP contribution in [-0.2, 0) is 4.79 Å². The molecule has 1 amide bonds. The van der Waals surface area contributed by atoms with E-state index in [0.29, 0.717) is 0 Å². The zero-order valence-corrected chi connectivity index (χ0v) is 8.78. The van der Waals surface area contributed by atoms with Gasteiger partial charge in [0.05, 0.1) is 10.0 Å². The number of carbonyl (C=O) groups is 1. The lowest BCUT2D eigenvalue weighted by atomic mass is 10.5. The first-order chi connectivity index (χ1) is 5.68. The molecule has 0 spiro atoms. The van der Waals surface area contributed by atoms with Crippen LogP contribution in [0.4, 0.5) is 0 Å². The molecule has 64 valence electrons. The Balaban J connectivity index is 2.52. The molecule has 1 heterocycles. The molecule has 5 heteroatoms. The van der Waals surface area contributed by atoms with Crippen LogP contribution in [0.2, 0.25) is 0 Å². The number of hydrogen-bond acceptors (Lipinski definition) is 3. The lowest BCUT2D eigenvalue weighted by Gasteiger charge is -1.88. The number of carbonyl (C=O) groups excluding carboxylic acids is 1. The number of rotatable bonds is 2. The van der Waals surface area contributed by atoms with Gasteiger partial charge in [0.15, 0.2) is 0 Å². The van der Waals surface area contributed by atoms with Crippen LogP contribution in [0.15, 0.2) is 21.0 Å². The minimum absolute atomic E-state index is 0.165. The fraction of sp³-hybridized carbons (Fsp3) is 0.143. The molecule has 0 aliphatic carbocycles. The Labute approximate surface area is 82.6 Å². The van der Waals surface area contributed by atoms with Gasteiger partial charge in [-0.2, -0.15) is 5.10 Å². The van der Waals surface area contributed by atoms with Gasteiger partial charge in [-0.1, -0.05) is 0 Å². The summed E-state index contributed by atoms with van der Waals surface area (Å²) >= 11 is 4.88. The quantitative estimate of drug-likeness (QED) is 0.630. The molecular weight excluding hydrogens is 240 g/mol. The van der Waals surface area contributed by atoms with Crippen molar-refractivity contribution >= 4 is 39.4 Å². The summed E-state index contributed by atoms with van der Waals surface area (Å²) in [5, 5.41) is 3.72. The van der Waals surface area contributed by atoms with Gasteiger partial charge in [-0.3, -0.25) is 4.79 Å². The van der Waals surface area contributed by atoms with Crippen LogP contribution in [-0.4, -0.2) is 12.1 Å². The Hall–Kier alpha value is -0.680. The van der Waals surface area contributed by atoms with Crippen molar-refractivity contribution in [2.45, 2.75) is 6.92 Å². The molecule has 0 saturated carbocycles. The lowest BCUT2D eigenvalue weighted by molar-refractivity contribution is -0.118. The minimum atomic E-state index is -0.165. The molecule has 0 atom stereocenters. The number of amides is 1. The Morgan fingerprint density at radius 1 is 1.75 bits per heavy atom. The number of thiophene rings is 1.